The lowest BCUT2D eigenvalue weighted by Crippen LogP contribution is -2.35. The Balaban J connectivity index is 1.76. The molecule has 1 aromatic carbocycles. The highest BCUT2D eigenvalue weighted by Crippen LogP contribution is 2.39. The van der Waals surface area contributed by atoms with Gasteiger partial charge in [-0.05, 0) is 44.6 Å². The van der Waals surface area contributed by atoms with Crippen LogP contribution in [0.3, 0.4) is 0 Å². The molecule has 0 bridgehead atoms. The summed E-state index contributed by atoms with van der Waals surface area (Å²) in [5.74, 6) is 2.02. The normalized spacial score (nSPS) is 22.3. The molecule has 1 aliphatic heterocycles. The Morgan fingerprint density at radius 2 is 2.12 bits per heavy atom. The molecule has 0 saturated carbocycles. The maximum absolute atomic E-state index is 6.33. The third kappa shape index (κ3) is 2.86. The summed E-state index contributed by atoms with van der Waals surface area (Å²) in [6.07, 6.45) is 7.43. The molecule has 0 saturated heterocycles. The summed E-state index contributed by atoms with van der Waals surface area (Å²) in [6.45, 7) is 2.20. The van der Waals surface area contributed by atoms with Gasteiger partial charge in [-0.25, -0.2) is 4.98 Å². The molecule has 2 atom stereocenters. The van der Waals surface area contributed by atoms with Crippen molar-refractivity contribution in [1.82, 2.24) is 15.2 Å². The number of ether oxygens (including phenoxy) is 1. The zero-order valence-corrected chi connectivity index (χ0v) is 14.6. The summed E-state index contributed by atoms with van der Waals surface area (Å²) >= 11 is 1.49. The lowest BCUT2D eigenvalue weighted by molar-refractivity contribution is 0.152. The molecule has 5 nitrogen and oxygen atoms in total. The molecule has 0 radical (unpaired) electrons. The van der Waals surface area contributed by atoms with Gasteiger partial charge in [-0.1, -0.05) is 35.5 Å². The van der Waals surface area contributed by atoms with Crippen LogP contribution in [-0.4, -0.2) is 27.7 Å². The van der Waals surface area contributed by atoms with Gasteiger partial charge in [-0.15, -0.1) is 10.2 Å². The predicted octanol–water partition coefficient (Wildman–Crippen LogP) is 4.14. The first-order chi connectivity index (χ1) is 11.7. The highest BCUT2D eigenvalue weighted by molar-refractivity contribution is 7.98. The number of nitrogens with one attached hydrogen (secondary N) is 1. The Morgan fingerprint density at radius 3 is 2.92 bits per heavy atom. The Kier molecular flexibility index (Phi) is 4.14. The van der Waals surface area contributed by atoms with Crippen molar-refractivity contribution >= 4 is 17.6 Å². The van der Waals surface area contributed by atoms with Gasteiger partial charge in [0.1, 0.15) is 11.4 Å². The van der Waals surface area contributed by atoms with E-state index in [0.29, 0.717) is 11.1 Å². The lowest BCUT2D eigenvalue weighted by Gasteiger charge is -2.29. The van der Waals surface area contributed by atoms with Crippen molar-refractivity contribution in [2.45, 2.75) is 37.6 Å². The number of allylic oxidation sites excluding steroid dienone is 2. The van der Waals surface area contributed by atoms with Gasteiger partial charge < -0.3 is 10.1 Å². The smallest absolute Gasteiger partial charge is 0.210 e. The number of para-hydroxylation sites is 1. The molecule has 1 aliphatic carbocycles. The van der Waals surface area contributed by atoms with E-state index in [4.69, 9.17) is 4.74 Å². The van der Waals surface area contributed by atoms with E-state index < -0.39 is 0 Å². The van der Waals surface area contributed by atoms with E-state index in [1.807, 2.05) is 30.5 Å². The van der Waals surface area contributed by atoms with E-state index in [1.165, 1.54) is 17.3 Å². The fraction of sp³-hybridized carbons (Fsp3) is 0.389. The largest absolute Gasteiger partial charge is 0.470 e. The summed E-state index contributed by atoms with van der Waals surface area (Å²) in [7, 11) is 0. The monoisotopic (exact) mass is 340 g/mol. The second-order valence-corrected chi connectivity index (χ2v) is 7.03. The Hall–Kier alpha value is -2.08. The van der Waals surface area contributed by atoms with Crippen LogP contribution in [0.5, 0.6) is 5.75 Å². The fourth-order valence-corrected chi connectivity index (χ4v) is 3.53. The number of rotatable bonds is 2. The highest BCUT2D eigenvalue weighted by Gasteiger charge is 2.30. The van der Waals surface area contributed by atoms with E-state index >= 15 is 0 Å². The zero-order chi connectivity index (χ0) is 16.5. The van der Waals surface area contributed by atoms with Gasteiger partial charge in [0.05, 0.1) is 0 Å². The van der Waals surface area contributed by atoms with Crippen molar-refractivity contribution < 1.29 is 4.74 Å². The summed E-state index contributed by atoms with van der Waals surface area (Å²) in [4.78, 5) is 4.63. The molecule has 0 spiro atoms. The van der Waals surface area contributed by atoms with Crippen molar-refractivity contribution in [2.75, 3.05) is 11.6 Å². The molecule has 2 aliphatic rings. The van der Waals surface area contributed by atoms with E-state index in [2.05, 4.69) is 33.5 Å². The average molecular weight is 340 g/mol. The van der Waals surface area contributed by atoms with Gasteiger partial charge in [0.15, 0.2) is 12.0 Å². The number of aromatic nitrogens is 3. The molecule has 6 heteroatoms. The van der Waals surface area contributed by atoms with Crippen LogP contribution in [0.15, 0.2) is 41.1 Å². The van der Waals surface area contributed by atoms with Gasteiger partial charge in [-0.2, -0.15) is 0 Å². The van der Waals surface area contributed by atoms with Crippen LogP contribution in [0.4, 0.5) is 5.82 Å². The van der Waals surface area contributed by atoms with E-state index in [-0.39, 0.29) is 6.23 Å². The van der Waals surface area contributed by atoms with Gasteiger partial charge in [0.25, 0.3) is 0 Å². The lowest BCUT2D eigenvalue weighted by atomic mass is 9.89. The zero-order valence-electron chi connectivity index (χ0n) is 13.8. The fourth-order valence-electron chi connectivity index (χ4n) is 3.22. The summed E-state index contributed by atoms with van der Waals surface area (Å²) in [5, 5.41) is 12.7. The Labute approximate surface area is 145 Å². The SMILES string of the molecule is CSc1nnc2c(n1)NC(C1CC=C(C)CC1)Oc1ccccc1-2. The van der Waals surface area contributed by atoms with Crippen LogP contribution in [0.2, 0.25) is 0 Å². The molecule has 0 fully saturated rings. The van der Waals surface area contributed by atoms with Crippen molar-refractivity contribution in [2.24, 2.45) is 5.92 Å². The number of benzene rings is 1. The molecule has 1 aromatic heterocycles. The molecule has 124 valence electrons. The van der Waals surface area contributed by atoms with E-state index in [0.717, 1.165) is 42.1 Å². The molecular weight excluding hydrogens is 320 g/mol. The number of hydrogen-bond donors (Lipinski definition) is 1. The quantitative estimate of drug-likeness (QED) is 0.655. The second kappa shape index (κ2) is 6.43. The molecule has 1 N–H and O–H groups in total. The van der Waals surface area contributed by atoms with E-state index in [9.17, 15) is 0 Å². The molecule has 2 aromatic rings. The Morgan fingerprint density at radius 1 is 1.25 bits per heavy atom. The molecule has 24 heavy (non-hydrogen) atoms. The maximum atomic E-state index is 6.33. The predicted molar refractivity (Wildman–Crippen MR) is 96.2 cm³/mol. The minimum atomic E-state index is -0.108. The number of thioether (sulfide) groups is 1. The molecule has 0 amide bonds. The van der Waals surface area contributed by atoms with Crippen molar-refractivity contribution in [3.05, 3.63) is 35.9 Å². The molecular formula is C18H20N4OS. The highest BCUT2D eigenvalue weighted by atomic mass is 32.2. The number of anilines is 1. The van der Waals surface area contributed by atoms with Crippen LogP contribution in [0.25, 0.3) is 11.3 Å². The van der Waals surface area contributed by atoms with Crippen molar-refractivity contribution in [3.63, 3.8) is 0 Å². The first kappa shape index (κ1) is 15.4. The number of hydrogen-bond acceptors (Lipinski definition) is 6. The third-order valence-corrected chi connectivity index (χ3v) is 5.17. The summed E-state index contributed by atoms with van der Waals surface area (Å²) in [5.41, 5.74) is 3.17. The van der Waals surface area contributed by atoms with Crippen LogP contribution in [0, 0.1) is 5.92 Å². The minimum Gasteiger partial charge on any atom is -0.470 e. The number of fused-ring (bicyclic) bond motifs is 3. The van der Waals surface area contributed by atoms with Crippen LogP contribution < -0.4 is 10.1 Å². The summed E-state index contributed by atoms with van der Waals surface area (Å²) in [6, 6.07) is 7.98. The first-order valence-electron chi connectivity index (χ1n) is 8.21. The van der Waals surface area contributed by atoms with Crippen LogP contribution >= 0.6 is 11.8 Å². The van der Waals surface area contributed by atoms with Crippen LogP contribution in [-0.2, 0) is 0 Å². The standard InChI is InChI=1S/C18H20N4OS/c1-11-7-9-12(10-8-11)17-19-16-15(21-22-18(20-16)24-2)13-5-3-4-6-14(13)23-17/h3-7,12,17H,8-10H2,1-2H3,(H,19,20,22). The second-order valence-electron chi connectivity index (χ2n) is 6.26. The molecule has 2 unspecified atom stereocenters. The maximum Gasteiger partial charge on any atom is 0.210 e. The van der Waals surface area contributed by atoms with E-state index in [1.54, 1.807) is 0 Å². The molecule has 2 heterocycles. The average Bonchev–Trinajstić information content (AvgIpc) is 2.78. The summed E-state index contributed by atoms with van der Waals surface area (Å²) < 4.78 is 6.33. The van der Waals surface area contributed by atoms with Crippen LogP contribution in [0.1, 0.15) is 26.2 Å². The number of nitrogens with zero attached hydrogens (tertiary/aromatic N) is 3. The first-order valence-corrected chi connectivity index (χ1v) is 9.44. The van der Waals surface area contributed by atoms with Gasteiger partial charge in [0, 0.05) is 11.5 Å². The minimum absolute atomic E-state index is 0.108. The Bertz CT molecular complexity index is 792. The van der Waals surface area contributed by atoms with Gasteiger partial charge in [-0.3, -0.25) is 0 Å². The van der Waals surface area contributed by atoms with Crippen molar-refractivity contribution in [1.29, 1.82) is 0 Å². The van der Waals surface area contributed by atoms with Gasteiger partial charge >= 0.3 is 0 Å². The molecule has 4 rings (SSSR count). The third-order valence-electron chi connectivity index (χ3n) is 4.63. The topological polar surface area (TPSA) is 59.9 Å². The van der Waals surface area contributed by atoms with Crippen molar-refractivity contribution in [3.8, 4) is 17.0 Å². The van der Waals surface area contributed by atoms with Gasteiger partial charge in [0.2, 0.25) is 5.16 Å².